The van der Waals surface area contributed by atoms with Crippen molar-refractivity contribution in [3.63, 3.8) is 0 Å². The van der Waals surface area contributed by atoms with E-state index in [1.807, 2.05) is 35.9 Å². The SMILES string of the molecule is COc1ccc(CNC(=O)[C@H](C)n2ccc3cc(S(=O)(=O)N4CCCCC4)ccc32)cc1OC. The molecule has 1 atom stereocenters. The van der Waals surface area contributed by atoms with E-state index in [9.17, 15) is 13.2 Å². The van der Waals surface area contributed by atoms with E-state index in [2.05, 4.69) is 5.32 Å². The van der Waals surface area contributed by atoms with Gasteiger partial charge in [0.2, 0.25) is 15.9 Å². The summed E-state index contributed by atoms with van der Waals surface area (Å²) in [6, 6.07) is 12.0. The summed E-state index contributed by atoms with van der Waals surface area (Å²) in [6.45, 7) is 3.31. The Labute approximate surface area is 200 Å². The van der Waals surface area contributed by atoms with Gasteiger partial charge >= 0.3 is 0 Å². The van der Waals surface area contributed by atoms with Crippen molar-refractivity contribution in [2.24, 2.45) is 0 Å². The highest BCUT2D eigenvalue weighted by atomic mass is 32.2. The summed E-state index contributed by atoms with van der Waals surface area (Å²) in [4.78, 5) is 13.2. The van der Waals surface area contributed by atoms with Crippen LogP contribution in [-0.2, 0) is 21.4 Å². The fourth-order valence-electron chi connectivity index (χ4n) is 4.35. The Balaban J connectivity index is 1.48. The summed E-state index contributed by atoms with van der Waals surface area (Å²) in [5.74, 6) is 1.10. The van der Waals surface area contributed by atoms with Gasteiger partial charge in [-0.3, -0.25) is 4.79 Å². The van der Waals surface area contributed by atoms with Crippen LogP contribution in [0.5, 0.6) is 11.5 Å². The third kappa shape index (κ3) is 4.76. The molecular weight excluding hydrogens is 454 g/mol. The van der Waals surface area contributed by atoms with E-state index in [4.69, 9.17) is 9.47 Å². The maximum atomic E-state index is 13.0. The molecule has 1 aliphatic heterocycles. The lowest BCUT2D eigenvalue weighted by Crippen LogP contribution is -2.35. The van der Waals surface area contributed by atoms with Crippen LogP contribution in [0, 0.1) is 0 Å². The molecular formula is C25H31N3O5S. The van der Waals surface area contributed by atoms with Crippen molar-refractivity contribution in [3.8, 4) is 11.5 Å². The van der Waals surface area contributed by atoms with Crippen LogP contribution in [0.3, 0.4) is 0 Å². The molecule has 2 aromatic carbocycles. The first-order valence-electron chi connectivity index (χ1n) is 11.4. The van der Waals surface area contributed by atoms with E-state index in [1.54, 1.807) is 42.8 Å². The van der Waals surface area contributed by atoms with Gasteiger partial charge in [-0.2, -0.15) is 4.31 Å². The first-order chi connectivity index (χ1) is 16.3. The number of carbonyl (C=O) groups excluding carboxylic acids is 1. The van der Waals surface area contributed by atoms with Crippen LogP contribution in [0.15, 0.2) is 53.6 Å². The predicted octanol–water partition coefficient (Wildman–Crippen LogP) is 3.71. The average molecular weight is 486 g/mol. The molecule has 34 heavy (non-hydrogen) atoms. The van der Waals surface area contributed by atoms with Gasteiger partial charge in [0.05, 0.1) is 19.1 Å². The van der Waals surface area contributed by atoms with Gasteiger partial charge in [0, 0.05) is 36.7 Å². The first kappa shape index (κ1) is 24.1. The van der Waals surface area contributed by atoms with E-state index < -0.39 is 16.1 Å². The molecule has 0 saturated carbocycles. The molecule has 9 heteroatoms. The number of ether oxygens (including phenoxy) is 2. The van der Waals surface area contributed by atoms with E-state index in [-0.39, 0.29) is 5.91 Å². The second-order valence-corrected chi connectivity index (χ2v) is 10.4. The number of rotatable bonds is 8. The Morgan fingerprint density at radius 1 is 1.00 bits per heavy atom. The third-order valence-corrected chi connectivity index (χ3v) is 8.25. The quantitative estimate of drug-likeness (QED) is 0.525. The maximum Gasteiger partial charge on any atom is 0.243 e. The zero-order valence-electron chi connectivity index (χ0n) is 19.8. The van der Waals surface area contributed by atoms with E-state index >= 15 is 0 Å². The Hall–Kier alpha value is -3.04. The second kappa shape index (κ2) is 10.1. The Kier molecular flexibility index (Phi) is 7.13. The number of sulfonamides is 1. The molecule has 0 radical (unpaired) electrons. The lowest BCUT2D eigenvalue weighted by Gasteiger charge is -2.26. The van der Waals surface area contributed by atoms with Crippen LogP contribution in [0.25, 0.3) is 10.9 Å². The van der Waals surface area contributed by atoms with Gasteiger partial charge in [-0.15, -0.1) is 0 Å². The first-order valence-corrected chi connectivity index (χ1v) is 12.9. The lowest BCUT2D eigenvalue weighted by atomic mass is 10.2. The fourth-order valence-corrected chi connectivity index (χ4v) is 5.90. The molecule has 1 aromatic heterocycles. The normalized spacial score (nSPS) is 15.7. The molecule has 0 bridgehead atoms. The third-order valence-electron chi connectivity index (χ3n) is 6.36. The summed E-state index contributed by atoms with van der Waals surface area (Å²) in [5, 5.41) is 3.75. The minimum Gasteiger partial charge on any atom is -0.493 e. The number of hydrogen-bond acceptors (Lipinski definition) is 5. The number of aromatic nitrogens is 1. The lowest BCUT2D eigenvalue weighted by molar-refractivity contribution is -0.123. The Morgan fingerprint density at radius 2 is 1.74 bits per heavy atom. The average Bonchev–Trinajstić information content (AvgIpc) is 3.30. The van der Waals surface area contributed by atoms with Crippen LogP contribution in [0.4, 0.5) is 0 Å². The van der Waals surface area contributed by atoms with Gasteiger partial charge in [-0.1, -0.05) is 12.5 Å². The summed E-state index contributed by atoms with van der Waals surface area (Å²) < 4.78 is 40.0. The van der Waals surface area contributed by atoms with Gasteiger partial charge in [0.1, 0.15) is 6.04 Å². The molecule has 8 nitrogen and oxygen atoms in total. The number of methoxy groups -OCH3 is 2. The van der Waals surface area contributed by atoms with Gasteiger partial charge in [0.15, 0.2) is 11.5 Å². The van der Waals surface area contributed by atoms with Crippen LogP contribution in [-0.4, -0.2) is 50.5 Å². The number of nitrogens with zero attached hydrogens (tertiary/aromatic N) is 2. The molecule has 1 fully saturated rings. The standard InChI is InChI=1S/C25H31N3O5S/c1-18(25(29)26-17-19-7-10-23(32-2)24(15-19)33-3)28-14-11-20-16-21(8-9-22(20)28)34(30,31)27-12-5-4-6-13-27/h7-11,14-16,18H,4-6,12-13,17H2,1-3H3,(H,26,29)/t18-/m0/s1. The predicted molar refractivity (Wildman–Crippen MR) is 131 cm³/mol. The zero-order chi connectivity index (χ0) is 24.3. The van der Waals surface area contributed by atoms with Gasteiger partial charge in [0.25, 0.3) is 0 Å². The maximum absolute atomic E-state index is 13.0. The number of hydrogen-bond donors (Lipinski definition) is 1. The summed E-state index contributed by atoms with van der Waals surface area (Å²) in [7, 11) is -0.355. The Bertz CT molecular complexity index is 1280. The van der Waals surface area contributed by atoms with Crippen LogP contribution < -0.4 is 14.8 Å². The van der Waals surface area contributed by atoms with Gasteiger partial charge < -0.3 is 19.4 Å². The summed E-state index contributed by atoms with van der Waals surface area (Å²) >= 11 is 0. The number of amides is 1. The van der Waals surface area contributed by atoms with Crippen molar-refractivity contribution >= 4 is 26.8 Å². The fraction of sp³-hybridized carbons (Fsp3) is 0.400. The van der Waals surface area contributed by atoms with Crippen LogP contribution in [0.1, 0.15) is 37.8 Å². The summed E-state index contributed by atoms with van der Waals surface area (Å²) in [6.07, 6.45) is 4.68. The molecule has 182 valence electrons. The molecule has 4 rings (SSSR count). The number of benzene rings is 2. The highest BCUT2D eigenvalue weighted by molar-refractivity contribution is 7.89. The van der Waals surface area contributed by atoms with Gasteiger partial charge in [-0.05, 0) is 61.7 Å². The van der Waals surface area contributed by atoms with E-state index in [0.29, 0.717) is 36.0 Å². The molecule has 2 heterocycles. The molecule has 3 aromatic rings. The highest BCUT2D eigenvalue weighted by Gasteiger charge is 2.26. The topological polar surface area (TPSA) is 89.9 Å². The smallest absolute Gasteiger partial charge is 0.243 e. The monoisotopic (exact) mass is 485 g/mol. The van der Waals surface area contributed by atoms with Crippen molar-refractivity contribution in [2.45, 2.75) is 43.7 Å². The van der Waals surface area contributed by atoms with E-state index in [0.717, 1.165) is 35.7 Å². The largest absolute Gasteiger partial charge is 0.493 e. The molecule has 1 N–H and O–H groups in total. The minimum absolute atomic E-state index is 0.141. The molecule has 1 amide bonds. The molecule has 0 unspecified atom stereocenters. The Morgan fingerprint density at radius 3 is 2.44 bits per heavy atom. The zero-order valence-corrected chi connectivity index (χ0v) is 20.6. The van der Waals surface area contributed by atoms with Crippen molar-refractivity contribution in [1.82, 2.24) is 14.2 Å². The number of carbonyl (C=O) groups is 1. The van der Waals surface area contributed by atoms with E-state index in [1.165, 1.54) is 0 Å². The molecule has 1 aliphatic rings. The molecule has 0 aliphatic carbocycles. The van der Waals surface area contributed by atoms with Crippen LogP contribution in [0.2, 0.25) is 0 Å². The number of fused-ring (bicyclic) bond motifs is 1. The second-order valence-electron chi connectivity index (χ2n) is 8.49. The highest BCUT2D eigenvalue weighted by Crippen LogP contribution is 2.28. The molecule has 0 spiro atoms. The molecule has 1 saturated heterocycles. The van der Waals surface area contributed by atoms with Crippen molar-refractivity contribution in [3.05, 3.63) is 54.2 Å². The van der Waals surface area contributed by atoms with Crippen LogP contribution >= 0.6 is 0 Å². The number of piperidine rings is 1. The van der Waals surface area contributed by atoms with Gasteiger partial charge in [-0.25, -0.2) is 8.42 Å². The van der Waals surface area contributed by atoms with Crippen molar-refractivity contribution < 1.29 is 22.7 Å². The number of nitrogens with one attached hydrogen (secondary N) is 1. The minimum atomic E-state index is -3.51. The van der Waals surface area contributed by atoms with Crippen molar-refractivity contribution in [1.29, 1.82) is 0 Å². The summed E-state index contributed by atoms with van der Waals surface area (Å²) in [5.41, 5.74) is 1.70. The van der Waals surface area contributed by atoms with Crippen molar-refractivity contribution in [2.75, 3.05) is 27.3 Å².